The average molecular weight is 532 g/mol. The first-order valence-electron chi connectivity index (χ1n) is 13.3. The summed E-state index contributed by atoms with van der Waals surface area (Å²) in [5.41, 5.74) is 3.67. The normalized spacial score (nSPS) is 16.6. The van der Waals surface area contributed by atoms with Crippen molar-refractivity contribution in [1.29, 1.82) is 0 Å². The smallest absolute Gasteiger partial charge is 0.296 e. The molecule has 0 radical (unpaired) electrons. The minimum atomic E-state index is -2.75. The number of fused-ring (bicyclic) bond motifs is 1. The first kappa shape index (κ1) is 25.4. The van der Waals surface area contributed by atoms with Gasteiger partial charge in [0.1, 0.15) is 11.6 Å². The topological polar surface area (TPSA) is 71.3 Å². The van der Waals surface area contributed by atoms with Crippen LogP contribution in [0.15, 0.2) is 72.3 Å². The molecule has 0 amide bonds. The van der Waals surface area contributed by atoms with Crippen LogP contribution in [-0.4, -0.2) is 70.4 Å². The van der Waals surface area contributed by atoms with E-state index in [0.717, 1.165) is 26.1 Å². The molecule has 39 heavy (non-hydrogen) atoms. The van der Waals surface area contributed by atoms with Gasteiger partial charge in [-0.05, 0) is 24.1 Å². The fourth-order valence-corrected chi connectivity index (χ4v) is 5.09. The van der Waals surface area contributed by atoms with Crippen molar-refractivity contribution in [2.75, 3.05) is 56.2 Å². The number of rotatable bonds is 8. The summed E-state index contributed by atoms with van der Waals surface area (Å²) in [4.78, 5) is 18.2. The van der Waals surface area contributed by atoms with Crippen LogP contribution in [0.5, 0.6) is 0 Å². The quantitative estimate of drug-likeness (QED) is 0.327. The second kappa shape index (κ2) is 11.5. The molecule has 202 valence electrons. The number of hydrogen-bond acceptors (Lipinski definition) is 7. The van der Waals surface area contributed by atoms with Gasteiger partial charge in [0.15, 0.2) is 5.82 Å². The average Bonchev–Trinajstić information content (AvgIpc) is 3.38. The van der Waals surface area contributed by atoms with Crippen LogP contribution < -0.4 is 10.2 Å². The van der Waals surface area contributed by atoms with Gasteiger partial charge in [-0.25, -0.2) is 13.8 Å². The molecule has 0 unspecified atom stereocenters. The number of hydrogen-bond donors (Lipinski definition) is 1. The van der Waals surface area contributed by atoms with E-state index in [9.17, 15) is 8.78 Å². The molecule has 1 fully saturated rings. The lowest BCUT2D eigenvalue weighted by Gasteiger charge is -2.28. The van der Waals surface area contributed by atoms with Crippen LogP contribution in [0.1, 0.15) is 24.2 Å². The summed E-state index contributed by atoms with van der Waals surface area (Å²) in [7, 11) is 0. The van der Waals surface area contributed by atoms with Gasteiger partial charge in [-0.1, -0.05) is 54.1 Å². The molecule has 0 spiro atoms. The van der Waals surface area contributed by atoms with Crippen LogP contribution in [0, 0.1) is 0 Å². The Labute approximate surface area is 225 Å². The maximum Gasteiger partial charge on any atom is 0.296 e. The van der Waals surface area contributed by atoms with Crippen LogP contribution in [0.3, 0.4) is 0 Å². The molecule has 2 aromatic carbocycles. The van der Waals surface area contributed by atoms with Crippen LogP contribution >= 0.6 is 0 Å². The van der Waals surface area contributed by atoms with Crippen LogP contribution in [-0.2, 0) is 11.3 Å². The highest BCUT2D eigenvalue weighted by atomic mass is 19.3. The molecule has 8 nitrogen and oxygen atoms in total. The highest BCUT2D eigenvalue weighted by Gasteiger charge is 2.23. The first-order valence-corrected chi connectivity index (χ1v) is 13.3. The molecule has 2 aromatic heterocycles. The van der Waals surface area contributed by atoms with E-state index in [0.29, 0.717) is 61.5 Å². The Morgan fingerprint density at radius 2 is 1.67 bits per heavy atom. The lowest BCUT2D eigenvalue weighted by Crippen LogP contribution is -2.37. The van der Waals surface area contributed by atoms with Gasteiger partial charge in [-0.15, -0.1) is 0 Å². The van der Waals surface area contributed by atoms with E-state index in [2.05, 4.69) is 50.4 Å². The van der Waals surface area contributed by atoms with Crippen molar-refractivity contribution >= 4 is 22.8 Å². The van der Waals surface area contributed by atoms with Gasteiger partial charge in [0.25, 0.3) is 6.43 Å². The van der Waals surface area contributed by atoms with Gasteiger partial charge in [0.2, 0.25) is 5.95 Å². The van der Waals surface area contributed by atoms with Crippen LogP contribution in [0.4, 0.5) is 20.5 Å². The summed E-state index contributed by atoms with van der Waals surface area (Å²) in [5, 5.41) is 3.37. The number of ether oxygens (including phenoxy) is 1. The van der Waals surface area contributed by atoms with E-state index < -0.39 is 6.43 Å². The number of benzene rings is 2. The maximum absolute atomic E-state index is 14.1. The number of halogens is 2. The molecule has 4 heterocycles. The van der Waals surface area contributed by atoms with Crippen molar-refractivity contribution in [2.24, 2.45) is 0 Å². The third-order valence-corrected chi connectivity index (χ3v) is 7.16. The van der Waals surface area contributed by atoms with Gasteiger partial charge in [-0.2, -0.15) is 9.97 Å². The molecule has 0 aliphatic carbocycles. The molecular formula is C29H31F2N7O. The Hall–Kier alpha value is -3.89. The predicted octanol–water partition coefficient (Wildman–Crippen LogP) is 4.83. The summed E-state index contributed by atoms with van der Waals surface area (Å²) < 4.78 is 35.1. The van der Waals surface area contributed by atoms with Gasteiger partial charge < -0.3 is 15.0 Å². The van der Waals surface area contributed by atoms with E-state index in [-0.39, 0.29) is 5.82 Å². The Morgan fingerprint density at radius 3 is 2.44 bits per heavy atom. The monoisotopic (exact) mass is 531 g/mol. The Balaban J connectivity index is 1.26. The lowest BCUT2D eigenvalue weighted by atomic mass is 10.1. The standard InChI is InChI=1S/C29H31F2N7O/c30-27(31)28-33-23-8-4-5-9-24(23)38(28)26-18-25(37-14-16-39-17-15-37)34-29(35-26)32-19-21-10-12-36(13-11-21)20-22-6-2-1-3-7-22/h1-10,18,27H,11-17,19-20H2,(H,32,34,35). The highest BCUT2D eigenvalue weighted by molar-refractivity contribution is 5.78. The zero-order valence-corrected chi connectivity index (χ0v) is 21.6. The molecule has 6 rings (SSSR count). The zero-order valence-electron chi connectivity index (χ0n) is 21.6. The van der Waals surface area contributed by atoms with Gasteiger partial charge in [-0.3, -0.25) is 9.47 Å². The third kappa shape index (κ3) is 5.76. The number of para-hydroxylation sites is 2. The first-order chi connectivity index (χ1) is 19.1. The van der Waals surface area contributed by atoms with Crippen LogP contribution in [0.2, 0.25) is 0 Å². The Kier molecular flexibility index (Phi) is 7.46. The number of nitrogens with one attached hydrogen (secondary N) is 1. The summed E-state index contributed by atoms with van der Waals surface area (Å²) in [5.74, 6) is 1.11. The minimum absolute atomic E-state index is 0.331. The molecule has 0 bridgehead atoms. The van der Waals surface area contributed by atoms with E-state index in [4.69, 9.17) is 14.7 Å². The molecule has 10 heteroatoms. The highest BCUT2D eigenvalue weighted by Crippen LogP contribution is 2.29. The van der Waals surface area contributed by atoms with Crippen molar-refractivity contribution in [3.8, 4) is 5.82 Å². The second-order valence-corrected chi connectivity index (χ2v) is 9.79. The van der Waals surface area contributed by atoms with Crippen molar-refractivity contribution < 1.29 is 13.5 Å². The molecule has 1 saturated heterocycles. The molecule has 0 atom stereocenters. The van der Waals surface area contributed by atoms with Crippen LogP contribution in [0.25, 0.3) is 16.9 Å². The van der Waals surface area contributed by atoms with Gasteiger partial charge in [0, 0.05) is 45.3 Å². The fourth-order valence-electron chi connectivity index (χ4n) is 5.09. The largest absolute Gasteiger partial charge is 0.378 e. The zero-order chi connectivity index (χ0) is 26.6. The number of imidazole rings is 1. The van der Waals surface area contributed by atoms with Crippen molar-refractivity contribution in [1.82, 2.24) is 24.4 Å². The van der Waals surface area contributed by atoms with Gasteiger partial charge >= 0.3 is 0 Å². The molecule has 4 aromatic rings. The molecule has 1 N–H and O–H groups in total. The van der Waals surface area contributed by atoms with Crippen molar-refractivity contribution in [3.05, 3.63) is 83.7 Å². The fraction of sp³-hybridized carbons (Fsp3) is 0.345. The van der Waals surface area contributed by atoms with Crippen molar-refractivity contribution in [2.45, 2.75) is 19.4 Å². The van der Waals surface area contributed by atoms with E-state index >= 15 is 0 Å². The summed E-state index contributed by atoms with van der Waals surface area (Å²) in [6, 6.07) is 19.4. The van der Waals surface area contributed by atoms with E-state index in [1.165, 1.54) is 15.7 Å². The maximum atomic E-state index is 14.1. The summed E-state index contributed by atoms with van der Waals surface area (Å²) in [6.45, 7) is 5.89. The third-order valence-electron chi connectivity index (χ3n) is 7.16. The predicted molar refractivity (Wildman–Crippen MR) is 148 cm³/mol. The van der Waals surface area contributed by atoms with Crippen molar-refractivity contribution in [3.63, 3.8) is 0 Å². The van der Waals surface area contributed by atoms with Gasteiger partial charge in [0.05, 0.1) is 24.2 Å². The number of alkyl halides is 2. The Bertz CT molecular complexity index is 1450. The summed E-state index contributed by atoms with van der Waals surface area (Å²) >= 11 is 0. The minimum Gasteiger partial charge on any atom is -0.378 e. The number of aromatic nitrogens is 4. The molecule has 2 aliphatic heterocycles. The lowest BCUT2D eigenvalue weighted by molar-refractivity contribution is 0.122. The Morgan fingerprint density at radius 1 is 0.897 bits per heavy atom. The second-order valence-electron chi connectivity index (χ2n) is 9.79. The molecule has 2 aliphatic rings. The number of nitrogens with zero attached hydrogens (tertiary/aromatic N) is 6. The SMILES string of the molecule is FC(F)c1nc2ccccc2n1-c1cc(N2CCOCC2)nc(NCC2=CCN(Cc3ccccc3)CC2)n1. The molecular weight excluding hydrogens is 500 g/mol. The number of anilines is 2. The molecule has 0 saturated carbocycles. The van der Waals surface area contributed by atoms with E-state index in [1.807, 2.05) is 12.1 Å². The summed E-state index contributed by atoms with van der Waals surface area (Å²) in [6.07, 6.45) is 0.448. The van der Waals surface area contributed by atoms with E-state index in [1.54, 1.807) is 24.3 Å². The number of morpholine rings is 1.